The summed E-state index contributed by atoms with van der Waals surface area (Å²) in [6, 6.07) is 12.9. The highest BCUT2D eigenvalue weighted by Crippen LogP contribution is 2.37. The number of benzene rings is 2. The van der Waals surface area contributed by atoms with Crippen LogP contribution in [0.15, 0.2) is 42.5 Å². The molecule has 0 spiro atoms. The van der Waals surface area contributed by atoms with Crippen molar-refractivity contribution in [1.82, 2.24) is 9.80 Å². The SMILES string of the molecule is COCC(=O)N(CC1CN(Cc2ccc3c(c2)OCO3)CC1c1cccc(F)c1)C(C)C. The quantitative estimate of drug-likeness (QED) is 0.625. The fourth-order valence-corrected chi connectivity index (χ4v) is 4.75. The van der Waals surface area contributed by atoms with Gasteiger partial charge in [0.1, 0.15) is 12.4 Å². The van der Waals surface area contributed by atoms with Crippen molar-refractivity contribution in [3.8, 4) is 11.5 Å². The monoisotopic (exact) mass is 442 g/mol. The first-order valence-electron chi connectivity index (χ1n) is 11.1. The fourth-order valence-electron chi connectivity index (χ4n) is 4.75. The Balaban J connectivity index is 1.54. The van der Waals surface area contributed by atoms with Crippen molar-refractivity contribution in [1.29, 1.82) is 0 Å². The van der Waals surface area contributed by atoms with Gasteiger partial charge in [-0.25, -0.2) is 4.39 Å². The van der Waals surface area contributed by atoms with E-state index in [-0.39, 0.29) is 43.0 Å². The zero-order valence-electron chi connectivity index (χ0n) is 18.9. The third kappa shape index (κ3) is 5.05. The molecule has 172 valence electrons. The summed E-state index contributed by atoms with van der Waals surface area (Å²) in [4.78, 5) is 16.9. The van der Waals surface area contributed by atoms with Crippen LogP contribution >= 0.6 is 0 Å². The van der Waals surface area contributed by atoms with Gasteiger partial charge in [-0.2, -0.15) is 0 Å². The maximum atomic E-state index is 14.0. The number of hydrogen-bond acceptors (Lipinski definition) is 5. The van der Waals surface area contributed by atoms with Gasteiger partial charge in [0.2, 0.25) is 12.7 Å². The summed E-state index contributed by atoms with van der Waals surface area (Å²) in [6.07, 6.45) is 0. The number of methoxy groups -OCH3 is 1. The third-order valence-corrected chi connectivity index (χ3v) is 6.28. The van der Waals surface area contributed by atoms with Crippen molar-refractivity contribution >= 4 is 5.91 Å². The molecule has 32 heavy (non-hydrogen) atoms. The second-order valence-electron chi connectivity index (χ2n) is 8.88. The molecule has 1 fully saturated rings. The lowest BCUT2D eigenvalue weighted by molar-refractivity contribution is -0.137. The molecule has 4 rings (SSSR count). The maximum Gasteiger partial charge on any atom is 0.248 e. The molecule has 7 heteroatoms. The molecule has 2 aromatic carbocycles. The van der Waals surface area contributed by atoms with Crippen LogP contribution in [-0.2, 0) is 16.1 Å². The lowest BCUT2D eigenvalue weighted by Gasteiger charge is -2.31. The van der Waals surface area contributed by atoms with Gasteiger partial charge in [-0.15, -0.1) is 0 Å². The van der Waals surface area contributed by atoms with E-state index in [0.29, 0.717) is 6.54 Å². The van der Waals surface area contributed by atoms with E-state index in [1.54, 1.807) is 12.1 Å². The van der Waals surface area contributed by atoms with Crippen LogP contribution in [0.3, 0.4) is 0 Å². The fraction of sp³-hybridized carbons (Fsp3) is 0.480. The Morgan fingerprint density at radius 2 is 2.00 bits per heavy atom. The highest BCUT2D eigenvalue weighted by molar-refractivity contribution is 5.77. The summed E-state index contributed by atoms with van der Waals surface area (Å²) in [5.74, 6) is 1.62. The first kappa shape index (κ1) is 22.6. The molecule has 0 radical (unpaired) electrons. The zero-order valence-corrected chi connectivity index (χ0v) is 18.9. The number of likely N-dealkylation sites (tertiary alicyclic amines) is 1. The van der Waals surface area contributed by atoms with Gasteiger partial charge in [0.05, 0.1) is 0 Å². The van der Waals surface area contributed by atoms with E-state index < -0.39 is 0 Å². The van der Waals surface area contributed by atoms with Crippen molar-refractivity contribution < 1.29 is 23.4 Å². The van der Waals surface area contributed by atoms with E-state index in [2.05, 4.69) is 11.0 Å². The number of halogens is 1. The van der Waals surface area contributed by atoms with Crippen LogP contribution in [-0.4, -0.2) is 61.9 Å². The van der Waals surface area contributed by atoms with E-state index in [1.807, 2.05) is 36.9 Å². The summed E-state index contributed by atoms with van der Waals surface area (Å²) in [5, 5.41) is 0. The van der Waals surface area contributed by atoms with Crippen LogP contribution < -0.4 is 9.47 Å². The van der Waals surface area contributed by atoms with Crippen LogP contribution in [0.1, 0.15) is 30.9 Å². The Morgan fingerprint density at radius 1 is 1.19 bits per heavy atom. The largest absolute Gasteiger partial charge is 0.454 e. The van der Waals surface area contributed by atoms with Crippen molar-refractivity contribution in [3.63, 3.8) is 0 Å². The Kier molecular flexibility index (Phi) is 6.96. The Hall–Kier alpha value is -2.64. The zero-order chi connectivity index (χ0) is 22.7. The van der Waals surface area contributed by atoms with Crippen LogP contribution in [0.25, 0.3) is 0 Å². The molecule has 0 saturated carbocycles. The summed E-state index contributed by atoms with van der Waals surface area (Å²) in [7, 11) is 1.54. The summed E-state index contributed by atoms with van der Waals surface area (Å²) >= 11 is 0. The van der Waals surface area contributed by atoms with Crippen molar-refractivity contribution in [3.05, 3.63) is 59.4 Å². The lowest BCUT2D eigenvalue weighted by atomic mass is 9.88. The summed E-state index contributed by atoms with van der Waals surface area (Å²) in [5.41, 5.74) is 2.12. The first-order valence-corrected chi connectivity index (χ1v) is 11.1. The number of carbonyl (C=O) groups is 1. The van der Waals surface area contributed by atoms with Gasteiger partial charge >= 0.3 is 0 Å². The molecule has 2 unspecified atom stereocenters. The molecular formula is C25H31FN2O4. The minimum Gasteiger partial charge on any atom is -0.454 e. The van der Waals surface area contributed by atoms with Gasteiger partial charge in [0.25, 0.3) is 0 Å². The number of nitrogens with zero attached hydrogens (tertiary/aromatic N) is 2. The predicted octanol–water partition coefficient (Wildman–Crippen LogP) is 3.65. The first-order chi connectivity index (χ1) is 15.4. The molecule has 6 nitrogen and oxygen atoms in total. The number of ether oxygens (including phenoxy) is 3. The van der Waals surface area contributed by atoms with Crippen LogP contribution in [0.5, 0.6) is 11.5 Å². The average molecular weight is 443 g/mol. The average Bonchev–Trinajstić information content (AvgIpc) is 3.38. The van der Waals surface area contributed by atoms with Gasteiger partial charge in [0, 0.05) is 45.2 Å². The van der Waals surface area contributed by atoms with Crippen molar-refractivity contribution in [2.24, 2.45) is 5.92 Å². The normalized spacial score (nSPS) is 20.2. The lowest BCUT2D eigenvalue weighted by Crippen LogP contribution is -2.43. The van der Waals surface area contributed by atoms with E-state index in [1.165, 1.54) is 13.2 Å². The maximum absolute atomic E-state index is 14.0. The second-order valence-corrected chi connectivity index (χ2v) is 8.88. The van der Waals surface area contributed by atoms with E-state index in [4.69, 9.17) is 14.2 Å². The van der Waals surface area contributed by atoms with Gasteiger partial charge in [0.15, 0.2) is 11.5 Å². The highest BCUT2D eigenvalue weighted by atomic mass is 19.1. The molecule has 1 amide bonds. The van der Waals surface area contributed by atoms with Gasteiger partial charge < -0.3 is 19.1 Å². The van der Waals surface area contributed by atoms with Crippen molar-refractivity contribution in [2.45, 2.75) is 32.4 Å². The summed E-state index contributed by atoms with van der Waals surface area (Å²) in [6.45, 7) is 7.34. The van der Waals surface area contributed by atoms with Crippen LogP contribution in [0.2, 0.25) is 0 Å². The molecule has 2 aliphatic rings. The molecule has 0 N–H and O–H groups in total. The Morgan fingerprint density at radius 3 is 2.75 bits per heavy atom. The second kappa shape index (κ2) is 9.88. The number of amides is 1. The van der Waals surface area contributed by atoms with Crippen LogP contribution in [0, 0.1) is 11.7 Å². The number of rotatable bonds is 8. The smallest absolute Gasteiger partial charge is 0.248 e. The van der Waals surface area contributed by atoms with E-state index >= 15 is 0 Å². The Bertz CT molecular complexity index is 951. The molecule has 2 heterocycles. The molecule has 0 bridgehead atoms. The van der Waals surface area contributed by atoms with E-state index in [9.17, 15) is 9.18 Å². The van der Waals surface area contributed by atoms with Crippen LogP contribution in [0.4, 0.5) is 4.39 Å². The molecular weight excluding hydrogens is 411 g/mol. The minimum absolute atomic E-state index is 0.0188. The topological polar surface area (TPSA) is 51.2 Å². The predicted molar refractivity (Wildman–Crippen MR) is 119 cm³/mol. The van der Waals surface area contributed by atoms with Gasteiger partial charge in [-0.05, 0) is 55.2 Å². The van der Waals surface area contributed by atoms with Crippen molar-refractivity contribution in [2.75, 3.05) is 40.1 Å². The van der Waals surface area contributed by atoms with E-state index in [0.717, 1.165) is 42.3 Å². The Labute approximate surface area is 188 Å². The summed E-state index contributed by atoms with van der Waals surface area (Å²) < 4.78 is 30.0. The van der Waals surface area contributed by atoms with Gasteiger partial charge in [-0.1, -0.05) is 18.2 Å². The molecule has 2 atom stereocenters. The third-order valence-electron chi connectivity index (χ3n) is 6.28. The minimum atomic E-state index is -0.230. The number of carbonyl (C=O) groups excluding carboxylic acids is 1. The molecule has 2 aromatic rings. The molecule has 2 aliphatic heterocycles. The molecule has 0 aromatic heterocycles. The number of hydrogen-bond donors (Lipinski definition) is 0. The molecule has 1 saturated heterocycles. The van der Waals surface area contributed by atoms with Gasteiger partial charge in [-0.3, -0.25) is 9.69 Å². The number of fused-ring (bicyclic) bond motifs is 1. The molecule has 0 aliphatic carbocycles. The standard InChI is InChI=1S/C25H31FN2O4/c1-17(2)28(25(29)15-30-3)13-20-12-27(14-22(20)19-5-4-6-21(26)10-19)11-18-7-8-23-24(9-18)32-16-31-23/h4-10,17,20,22H,11-16H2,1-3H3. The highest BCUT2D eigenvalue weighted by Gasteiger charge is 2.36.